The van der Waals surface area contributed by atoms with Crippen LogP contribution in [-0.2, 0) is 14.8 Å². The molecule has 0 aliphatic rings. The second-order valence-electron chi connectivity index (χ2n) is 4.99. The molecule has 0 aromatic heterocycles. The molecule has 0 fully saturated rings. The number of sulfonamides is 1. The number of ether oxygens (including phenoxy) is 1. The maximum Gasteiger partial charge on any atom is 0.263 e. The molecule has 0 bridgehead atoms. The minimum absolute atomic E-state index is 0.0673. The second kappa shape index (κ2) is 7.49. The van der Waals surface area contributed by atoms with E-state index in [1.165, 1.54) is 11.4 Å². The highest BCUT2D eigenvalue weighted by Gasteiger charge is 2.20. The molecular weight excluding hydrogens is 304 g/mol. The molecule has 1 atom stereocenters. The normalized spacial score (nSPS) is 12.6. The van der Waals surface area contributed by atoms with Crippen LogP contribution in [0.2, 0.25) is 0 Å². The van der Waals surface area contributed by atoms with Crippen LogP contribution < -0.4 is 9.04 Å². The highest BCUT2D eigenvalue weighted by atomic mass is 32.2. The first-order valence-electron chi connectivity index (χ1n) is 7.20. The van der Waals surface area contributed by atoms with Crippen LogP contribution in [0.5, 0.6) is 5.75 Å². The molecule has 0 N–H and O–H groups in total. The van der Waals surface area contributed by atoms with Crippen molar-refractivity contribution in [3.8, 4) is 5.75 Å². The number of carbonyl (C=O) groups is 1. The van der Waals surface area contributed by atoms with Crippen LogP contribution in [-0.4, -0.2) is 51.7 Å². The summed E-state index contributed by atoms with van der Waals surface area (Å²) in [5.74, 6) is 0.459. The van der Waals surface area contributed by atoms with E-state index < -0.39 is 16.1 Å². The fourth-order valence-electron chi connectivity index (χ4n) is 1.97. The van der Waals surface area contributed by atoms with E-state index in [2.05, 4.69) is 0 Å². The SMILES string of the molecule is CCN(CC)C(=O)[C@H](C)Oc1ccc(N(C)S(C)(=O)=O)cc1. The number of benzene rings is 1. The molecule has 6 nitrogen and oxygen atoms in total. The first kappa shape index (κ1) is 18.3. The molecule has 0 aliphatic carbocycles. The van der Waals surface area contributed by atoms with Gasteiger partial charge in [0, 0.05) is 20.1 Å². The molecule has 0 heterocycles. The average Bonchev–Trinajstić information content (AvgIpc) is 2.47. The maximum absolute atomic E-state index is 12.1. The van der Waals surface area contributed by atoms with Gasteiger partial charge in [0.05, 0.1) is 11.9 Å². The van der Waals surface area contributed by atoms with Crippen molar-refractivity contribution < 1.29 is 17.9 Å². The van der Waals surface area contributed by atoms with Crippen molar-refractivity contribution in [2.24, 2.45) is 0 Å². The van der Waals surface area contributed by atoms with E-state index >= 15 is 0 Å². The predicted octanol–water partition coefficient (Wildman–Crippen LogP) is 1.72. The zero-order chi connectivity index (χ0) is 16.9. The molecular formula is C15H24N2O4S. The minimum Gasteiger partial charge on any atom is -0.481 e. The van der Waals surface area contributed by atoms with Gasteiger partial charge in [0.25, 0.3) is 5.91 Å². The number of carbonyl (C=O) groups excluding carboxylic acids is 1. The standard InChI is InChI=1S/C15H24N2O4S/c1-6-17(7-2)15(18)12(3)21-14-10-8-13(9-11-14)16(4)22(5,19)20/h8-12H,6-7H2,1-5H3/t12-/m0/s1. The summed E-state index contributed by atoms with van der Waals surface area (Å²) in [6.07, 6.45) is 0.556. The summed E-state index contributed by atoms with van der Waals surface area (Å²) >= 11 is 0. The van der Waals surface area contributed by atoms with Crippen LogP contribution in [0, 0.1) is 0 Å². The molecule has 124 valence electrons. The number of anilines is 1. The number of likely N-dealkylation sites (N-methyl/N-ethyl adjacent to an activating group) is 1. The van der Waals surface area contributed by atoms with Gasteiger partial charge in [-0.3, -0.25) is 9.10 Å². The van der Waals surface area contributed by atoms with Crippen molar-refractivity contribution >= 4 is 21.6 Å². The number of hydrogen-bond acceptors (Lipinski definition) is 4. The van der Waals surface area contributed by atoms with Crippen molar-refractivity contribution in [1.82, 2.24) is 4.90 Å². The van der Waals surface area contributed by atoms with Gasteiger partial charge >= 0.3 is 0 Å². The van der Waals surface area contributed by atoms with Crippen LogP contribution in [0.3, 0.4) is 0 Å². The third kappa shape index (κ3) is 4.62. The van der Waals surface area contributed by atoms with Crippen LogP contribution in [0.1, 0.15) is 20.8 Å². The Morgan fingerprint density at radius 3 is 2.09 bits per heavy atom. The van der Waals surface area contributed by atoms with E-state index in [0.29, 0.717) is 24.5 Å². The number of nitrogens with zero attached hydrogens (tertiary/aromatic N) is 2. The number of hydrogen-bond donors (Lipinski definition) is 0. The Labute approximate surface area is 132 Å². The lowest BCUT2D eigenvalue weighted by atomic mass is 10.3. The smallest absolute Gasteiger partial charge is 0.263 e. The molecule has 7 heteroatoms. The molecule has 0 unspecified atom stereocenters. The van der Waals surface area contributed by atoms with Gasteiger partial charge in [-0.15, -0.1) is 0 Å². The van der Waals surface area contributed by atoms with E-state index in [1.807, 2.05) is 13.8 Å². The Kier molecular flexibility index (Phi) is 6.22. The molecule has 1 aromatic carbocycles. The Morgan fingerprint density at radius 2 is 1.68 bits per heavy atom. The second-order valence-corrected chi connectivity index (χ2v) is 7.01. The Bertz CT molecular complexity index is 594. The largest absolute Gasteiger partial charge is 0.481 e. The first-order chi connectivity index (χ1) is 10.2. The topological polar surface area (TPSA) is 66.9 Å². The molecule has 0 saturated carbocycles. The van der Waals surface area contributed by atoms with Gasteiger partial charge in [-0.1, -0.05) is 0 Å². The molecule has 1 rings (SSSR count). The van der Waals surface area contributed by atoms with Crippen molar-refractivity contribution in [2.45, 2.75) is 26.9 Å². The van der Waals surface area contributed by atoms with Crippen LogP contribution in [0.25, 0.3) is 0 Å². The zero-order valence-electron chi connectivity index (χ0n) is 13.7. The summed E-state index contributed by atoms with van der Waals surface area (Å²) in [7, 11) is -1.81. The van der Waals surface area contributed by atoms with E-state index in [0.717, 1.165) is 6.26 Å². The highest BCUT2D eigenvalue weighted by molar-refractivity contribution is 7.92. The third-order valence-electron chi connectivity index (χ3n) is 3.43. The molecule has 0 radical (unpaired) electrons. The summed E-state index contributed by atoms with van der Waals surface area (Å²) in [5.41, 5.74) is 0.539. The molecule has 22 heavy (non-hydrogen) atoms. The number of amides is 1. The molecule has 0 saturated heterocycles. The van der Waals surface area contributed by atoms with Crippen molar-refractivity contribution in [3.05, 3.63) is 24.3 Å². The Balaban J connectivity index is 2.78. The highest BCUT2D eigenvalue weighted by Crippen LogP contribution is 2.21. The summed E-state index contributed by atoms with van der Waals surface area (Å²) < 4.78 is 29.7. The fourth-order valence-corrected chi connectivity index (χ4v) is 2.48. The van der Waals surface area contributed by atoms with E-state index in [4.69, 9.17) is 4.74 Å². The number of rotatable bonds is 7. The van der Waals surface area contributed by atoms with Crippen molar-refractivity contribution in [1.29, 1.82) is 0 Å². The summed E-state index contributed by atoms with van der Waals surface area (Å²) in [5, 5.41) is 0. The predicted molar refractivity (Wildman–Crippen MR) is 87.7 cm³/mol. The lowest BCUT2D eigenvalue weighted by Crippen LogP contribution is -2.40. The lowest BCUT2D eigenvalue weighted by molar-refractivity contribution is -0.137. The van der Waals surface area contributed by atoms with Crippen LogP contribution in [0.4, 0.5) is 5.69 Å². The molecule has 0 spiro atoms. The summed E-state index contributed by atoms with van der Waals surface area (Å²) in [6, 6.07) is 6.60. The monoisotopic (exact) mass is 328 g/mol. The zero-order valence-corrected chi connectivity index (χ0v) is 14.6. The molecule has 0 aliphatic heterocycles. The Hall–Kier alpha value is -1.76. The van der Waals surface area contributed by atoms with E-state index in [9.17, 15) is 13.2 Å². The van der Waals surface area contributed by atoms with Gasteiger partial charge in [-0.25, -0.2) is 8.42 Å². The quantitative estimate of drug-likeness (QED) is 0.764. The maximum atomic E-state index is 12.1. The Morgan fingerprint density at radius 1 is 1.18 bits per heavy atom. The molecule has 1 amide bonds. The average molecular weight is 328 g/mol. The summed E-state index contributed by atoms with van der Waals surface area (Å²) in [6.45, 7) is 6.83. The third-order valence-corrected chi connectivity index (χ3v) is 4.64. The summed E-state index contributed by atoms with van der Waals surface area (Å²) in [4.78, 5) is 13.8. The first-order valence-corrected chi connectivity index (χ1v) is 9.04. The van der Waals surface area contributed by atoms with Gasteiger partial charge in [0.2, 0.25) is 10.0 Å². The van der Waals surface area contributed by atoms with Gasteiger partial charge < -0.3 is 9.64 Å². The lowest BCUT2D eigenvalue weighted by Gasteiger charge is -2.23. The minimum atomic E-state index is -3.29. The van der Waals surface area contributed by atoms with Crippen molar-refractivity contribution in [3.63, 3.8) is 0 Å². The van der Waals surface area contributed by atoms with E-state index in [-0.39, 0.29) is 5.91 Å². The fraction of sp³-hybridized carbons (Fsp3) is 0.533. The van der Waals surface area contributed by atoms with Gasteiger partial charge in [0.15, 0.2) is 6.10 Å². The van der Waals surface area contributed by atoms with Crippen LogP contribution in [0.15, 0.2) is 24.3 Å². The van der Waals surface area contributed by atoms with Crippen molar-refractivity contribution in [2.75, 3.05) is 30.7 Å². The van der Waals surface area contributed by atoms with Gasteiger partial charge in [-0.2, -0.15) is 0 Å². The van der Waals surface area contributed by atoms with Crippen LogP contribution >= 0.6 is 0 Å². The van der Waals surface area contributed by atoms with Gasteiger partial charge in [-0.05, 0) is 45.0 Å². The van der Waals surface area contributed by atoms with Gasteiger partial charge in [0.1, 0.15) is 5.75 Å². The molecule has 1 aromatic rings. The van der Waals surface area contributed by atoms with E-state index in [1.54, 1.807) is 36.1 Å².